The van der Waals surface area contributed by atoms with Crippen LogP contribution in [0.5, 0.6) is 11.5 Å². The maximum Gasteiger partial charge on any atom is 0.165 e. The second-order valence-corrected chi connectivity index (χ2v) is 2.92. The molecule has 0 fully saturated rings. The summed E-state index contributed by atoms with van der Waals surface area (Å²) in [7, 11) is 0. The van der Waals surface area contributed by atoms with E-state index >= 15 is 0 Å². The zero-order chi connectivity index (χ0) is 10.3. The first kappa shape index (κ1) is 8.74. The van der Waals surface area contributed by atoms with Crippen LogP contribution in [0, 0.1) is 11.6 Å². The Balaban J connectivity index is 2.95. The SMILES string of the molecule is Oc1cc(F)cc2c(O)c(F)ccc12. The summed E-state index contributed by atoms with van der Waals surface area (Å²) in [5.41, 5.74) is 0. The van der Waals surface area contributed by atoms with Crippen molar-refractivity contribution in [2.45, 2.75) is 0 Å². The van der Waals surface area contributed by atoms with Gasteiger partial charge in [-0.15, -0.1) is 0 Å². The number of rotatable bonds is 0. The predicted octanol–water partition coefficient (Wildman–Crippen LogP) is 2.53. The van der Waals surface area contributed by atoms with Crippen molar-refractivity contribution in [2.24, 2.45) is 0 Å². The van der Waals surface area contributed by atoms with Crippen molar-refractivity contribution in [2.75, 3.05) is 0 Å². The van der Waals surface area contributed by atoms with E-state index in [9.17, 15) is 19.0 Å². The van der Waals surface area contributed by atoms with Crippen molar-refractivity contribution in [3.63, 3.8) is 0 Å². The molecule has 0 bridgehead atoms. The lowest BCUT2D eigenvalue weighted by atomic mass is 10.1. The molecule has 0 spiro atoms. The predicted molar refractivity (Wildman–Crippen MR) is 47.2 cm³/mol. The second kappa shape index (κ2) is 2.83. The minimum atomic E-state index is -0.845. The van der Waals surface area contributed by atoms with E-state index in [1.54, 1.807) is 0 Å². The smallest absolute Gasteiger partial charge is 0.165 e. The summed E-state index contributed by atoms with van der Waals surface area (Å²) in [5.74, 6) is -2.55. The van der Waals surface area contributed by atoms with Crippen LogP contribution in [0.1, 0.15) is 0 Å². The van der Waals surface area contributed by atoms with Crippen LogP contribution in [0.2, 0.25) is 0 Å². The molecule has 0 amide bonds. The normalized spacial score (nSPS) is 10.7. The van der Waals surface area contributed by atoms with Gasteiger partial charge in [-0.25, -0.2) is 8.78 Å². The highest BCUT2D eigenvalue weighted by molar-refractivity contribution is 5.92. The maximum absolute atomic E-state index is 12.9. The van der Waals surface area contributed by atoms with Crippen molar-refractivity contribution in [1.82, 2.24) is 0 Å². The number of hydrogen-bond acceptors (Lipinski definition) is 2. The molecule has 0 atom stereocenters. The van der Waals surface area contributed by atoms with Gasteiger partial charge in [0.05, 0.1) is 0 Å². The zero-order valence-electron chi connectivity index (χ0n) is 6.96. The van der Waals surface area contributed by atoms with E-state index in [0.29, 0.717) is 0 Å². The molecule has 0 saturated heterocycles. The van der Waals surface area contributed by atoms with Gasteiger partial charge in [0.25, 0.3) is 0 Å². The summed E-state index contributed by atoms with van der Waals surface area (Å²) in [4.78, 5) is 0. The van der Waals surface area contributed by atoms with Gasteiger partial charge in [-0.1, -0.05) is 0 Å². The standard InChI is InChI=1S/C10H6F2O2/c11-5-3-7-6(9(13)4-5)1-2-8(12)10(7)14/h1-4,13-14H. The highest BCUT2D eigenvalue weighted by Gasteiger charge is 2.10. The zero-order valence-corrected chi connectivity index (χ0v) is 6.96. The van der Waals surface area contributed by atoms with Crippen LogP contribution in [0.15, 0.2) is 24.3 Å². The lowest BCUT2D eigenvalue weighted by molar-refractivity contribution is 0.437. The third-order valence-corrected chi connectivity index (χ3v) is 2.00. The van der Waals surface area contributed by atoms with E-state index < -0.39 is 17.4 Å². The number of halogens is 2. The van der Waals surface area contributed by atoms with Crippen molar-refractivity contribution < 1.29 is 19.0 Å². The van der Waals surface area contributed by atoms with Gasteiger partial charge in [0.2, 0.25) is 0 Å². The summed E-state index contributed by atoms with van der Waals surface area (Å²) in [6.07, 6.45) is 0. The largest absolute Gasteiger partial charge is 0.507 e. The fourth-order valence-electron chi connectivity index (χ4n) is 1.34. The molecule has 0 radical (unpaired) electrons. The minimum absolute atomic E-state index is 0.0394. The van der Waals surface area contributed by atoms with Gasteiger partial charge in [-0.3, -0.25) is 0 Å². The summed E-state index contributed by atoms with van der Waals surface area (Å²) in [6.45, 7) is 0. The van der Waals surface area contributed by atoms with Crippen LogP contribution in [-0.2, 0) is 0 Å². The van der Waals surface area contributed by atoms with Crippen molar-refractivity contribution in [3.8, 4) is 11.5 Å². The van der Waals surface area contributed by atoms with E-state index in [1.807, 2.05) is 0 Å². The van der Waals surface area contributed by atoms with E-state index in [0.717, 1.165) is 18.2 Å². The summed E-state index contributed by atoms with van der Waals surface area (Å²) >= 11 is 0. The molecule has 14 heavy (non-hydrogen) atoms. The highest BCUT2D eigenvalue weighted by atomic mass is 19.1. The number of fused-ring (bicyclic) bond motifs is 1. The Morgan fingerprint density at radius 3 is 2.36 bits per heavy atom. The molecule has 0 unspecified atom stereocenters. The number of phenolic OH excluding ortho intramolecular Hbond substituents is 2. The fraction of sp³-hybridized carbons (Fsp3) is 0. The number of phenols is 2. The Hall–Kier alpha value is -1.84. The molecule has 0 aliphatic rings. The first-order valence-electron chi connectivity index (χ1n) is 3.89. The molecule has 2 aromatic carbocycles. The van der Waals surface area contributed by atoms with Crippen LogP contribution in [-0.4, -0.2) is 10.2 Å². The van der Waals surface area contributed by atoms with E-state index in [-0.39, 0.29) is 16.5 Å². The van der Waals surface area contributed by atoms with Crippen LogP contribution in [0.4, 0.5) is 8.78 Å². The summed E-state index contributed by atoms with van der Waals surface area (Å²) in [6, 6.07) is 4.15. The first-order chi connectivity index (χ1) is 6.59. The first-order valence-corrected chi connectivity index (χ1v) is 3.89. The van der Waals surface area contributed by atoms with Gasteiger partial charge < -0.3 is 10.2 Å². The number of aromatic hydroxyl groups is 2. The Labute approximate surface area is 78.0 Å². The molecule has 0 aromatic heterocycles. The third kappa shape index (κ3) is 1.16. The van der Waals surface area contributed by atoms with Gasteiger partial charge in [-0.05, 0) is 18.2 Å². The fourth-order valence-corrected chi connectivity index (χ4v) is 1.34. The molecule has 0 aliphatic heterocycles. The molecule has 2 rings (SSSR count). The van der Waals surface area contributed by atoms with Gasteiger partial charge in [0.15, 0.2) is 11.6 Å². The van der Waals surface area contributed by atoms with E-state index in [1.165, 1.54) is 6.07 Å². The Morgan fingerprint density at radius 1 is 0.929 bits per heavy atom. The molecule has 2 N–H and O–H groups in total. The molecule has 2 aromatic rings. The second-order valence-electron chi connectivity index (χ2n) is 2.92. The van der Waals surface area contributed by atoms with Gasteiger partial charge in [0.1, 0.15) is 11.6 Å². The maximum atomic E-state index is 12.9. The average Bonchev–Trinajstić information content (AvgIpc) is 2.12. The van der Waals surface area contributed by atoms with Gasteiger partial charge in [-0.2, -0.15) is 0 Å². The number of hydrogen-bond donors (Lipinski definition) is 2. The van der Waals surface area contributed by atoms with Gasteiger partial charge >= 0.3 is 0 Å². The Morgan fingerprint density at radius 2 is 1.64 bits per heavy atom. The van der Waals surface area contributed by atoms with Crippen molar-refractivity contribution >= 4 is 10.8 Å². The molecule has 0 aliphatic carbocycles. The molecular formula is C10H6F2O2. The molecular weight excluding hydrogens is 190 g/mol. The van der Waals surface area contributed by atoms with Crippen LogP contribution in [0.3, 0.4) is 0 Å². The van der Waals surface area contributed by atoms with Crippen molar-refractivity contribution in [1.29, 1.82) is 0 Å². The number of benzene rings is 2. The van der Waals surface area contributed by atoms with E-state index in [4.69, 9.17) is 0 Å². The van der Waals surface area contributed by atoms with Crippen LogP contribution >= 0.6 is 0 Å². The monoisotopic (exact) mass is 196 g/mol. The molecule has 0 saturated carbocycles. The lowest BCUT2D eigenvalue weighted by Crippen LogP contribution is -1.82. The van der Waals surface area contributed by atoms with Crippen LogP contribution in [0.25, 0.3) is 10.8 Å². The molecule has 72 valence electrons. The van der Waals surface area contributed by atoms with Gasteiger partial charge in [0, 0.05) is 16.8 Å². The molecule has 4 heteroatoms. The summed E-state index contributed by atoms with van der Waals surface area (Å²) in [5, 5.41) is 18.7. The highest BCUT2D eigenvalue weighted by Crippen LogP contribution is 2.33. The minimum Gasteiger partial charge on any atom is -0.507 e. The average molecular weight is 196 g/mol. The topological polar surface area (TPSA) is 40.5 Å². The molecule has 0 heterocycles. The third-order valence-electron chi connectivity index (χ3n) is 2.00. The van der Waals surface area contributed by atoms with Crippen LogP contribution < -0.4 is 0 Å². The molecule has 2 nitrogen and oxygen atoms in total. The van der Waals surface area contributed by atoms with E-state index in [2.05, 4.69) is 0 Å². The quantitative estimate of drug-likeness (QED) is 0.679. The Kier molecular flexibility index (Phi) is 1.77. The Bertz CT molecular complexity index is 509. The summed E-state index contributed by atoms with van der Waals surface area (Å²) < 4.78 is 25.7. The van der Waals surface area contributed by atoms with Crippen molar-refractivity contribution in [3.05, 3.63) is 35.9 Å². The lowest BCUT2D eigenvalue weighted by Gasteiger charge is -2.04.